The molecule has 1 N–H and O–H groups in total. The van der Waals surface area contributed by atoms with Gasteiger partial charge in [0.15, 0.2) is 0 Å². The van der Waals surface area contributed by atoms with Crippen LogP contribution in [0, 0.1) is 34.5 Å². The minimum absolute atomic E-state index is 0.0852. The van der Waals surface area contributed by atoms with E-state index < -0.39 is 0 Å². The molecule has 0 radical (unpaired) electrons. The third-order valence-corrected chi connectivity index (χ3v) is 5.26. The molecule has 2 saturated carbocycles. The fourth-order valence-corrected chi connectivity index (χ4v) is 4.41. The van der Waals surface area contributed by atoms with E-state index in [0.717, 1.165) is 19.3 Å². The molecule has 90 valence electrons. The van der Waals surface area contributed by atoms with Gasteiger partial charge in [-0.2, -0.15) is 5.26 Å². The molecule has 2 nitrogen and oxygen atoms in total. The zero-order chi connectivity index (χ0) is 11.8. The molecule has 0 spiro atoms. The van der Waals surface area contributed by atoms with E-state index in [1.165, 1.54) is 12.8 Å². The van der Waals surface area contributed by atoms with Gasteiger partial charge in [0.25, 0.3) is 0 Å². The van der Waals surface area contributed by atoms with Gasteiger partial charge in [-0.25, -0.2) is 0 Å². The molecule has 5 atom stereocenters. The summed E-state index contributed by atoms with van der Waals surface area (Å²) < 4.78 is 0. The second-order valence-electron chi connectivity index (χ2n) is 6.10. The summed E-state index contributed by atoms with van der Waals surface area (Å²) in [5.41, 5.74) is 0.300. The topological polar surface area (TPSA) is 44.0 Å². The summed E-state index contributed by atoms with van der Waals surface area (Å²) in [6.45, 7) is 4.56. The van der Waals surface area contributed by atoms with E-state index >= 15 is 0 Å². The molecule has 0 aromatic heterocycles. The van der Waals surface area contributed by atoms with E-state index in [9.17, 15) is 5.11 Å². The van der Waals surface area contributed by atoms with Crippen LogP contribution < -0.4 is 0 Å². The lowest BCUT2D eigenvalue weighted by Gasteiger charge is -2.44. The van der Waals surface area contributed by atoms with E-state index in [2.05, 4.69) is 19.9 Å². The molecular formula is C14H23NO. The first kappa shape index (κ1) is 11.9. The molecule has 2 rings (SSSR count). The van der Waals surface area contributed by atoms with Crippen molar-refractivity contribution in [3.8, 4) is 6.07 Å². The van der Waals surface area contributed by atoms with Crippen molar-refractivity contribution in [1.29, 1.82) is 5.26 Å². The van der Waals surface area contributed by atoms with Crippen molar-refractivity contribution in [3.63, 3.8) is 0 Å². The molecule has 2 fully saturated rings. The smallest absolute Gasteiger partial charge is 0.0624 e. The Labute approximate surface area is 98.7 Å². The monoisotopic (exact) mass is 221 g/mol. The van der Waals surface area contributed by atoms with Gasteiger partial charge < -0.3 is 5.11 Å². The van der Waals surface area contributed by atoms with Crippen LogP contribution in [-0.4, -0.2) is 11.2 Å². The minimum atomic E-state index is -0.0852. The summed E-state index contributed by atoms with van der Waals surface area (Å²) in [6.07, 6.45) is 6.35. The molecule has 0 aromatic rings. The summed E-state index contributed by atoms with van der Waals surface area (Å²) in [5, 5.41) is 18.9. The fraction of sp³-hybridized carbons (Fsp3) is 0.929. The van der Waals surface area contributed by atoms with Crippen LogP contribution in [0.3, 0.4) is 0 Å². The van der Waals surface area contributed by atoms with E-state index in [0.29, 0.717) is 29.6 Å². The predicted octanol–water partition coefficient (Wildman–Crippen LogP) is 3.11. The van der Waals surface area contributed by atoms with Crippen LogP contribution >= 0.6 is 0 Å². The number of aliphatic hydroxyl groups is 1. The standard InChI is InChI=1S/C14H23NO/c1-10(7-9-15)11-5-6-12-13(16)4-3-8-14(11,12)2/h10-13,16H,3-8H2,1-2H3/t10?,11?,12?,13-,14+/m0/s1. The Morgan fingerprint density at radius 1 is 1.44 bits per heavy atom. The molecular weight excluding hydrogens is 198 g/mol. The zero-order valence-electron chi connectivity index (χ0n) is 10.4. The van der Waals surface area contributed by atoms with Crippen LogP contribution in [0.1, 0.15) is 52.4 Å². The molecule has 2 aliphatic rings. The van der Waals surface area contributed by atoms with Crippen molar-refractivity contribution in [2.24, 2.45) is 23.2 Å². The normalized spacial score (nSPS) is 44.8. The number of fused-ring (bicyclic) bond motifs is 1. The highest BCUT2D eigenvalue weighted by atomic mass is 16.3. The van der Waals surface area contributed by atoms with Crippen molar-refractivity contribution in [2.45, 2.75) is 58.5 Å². The third kappa shape index (κ3) is 1.76. The van der Waals surface area contributed by atoms with Gasteiger partial charge in [-0.15, -0.1) is 0 Å². The highest BCUT2D eigenvalue weighted by Crippen LogP contribution is 2.57. The van der Waals surface area contributed by atoms with Gasteiger partial charge in [0.2, 0.25) is 0 Å². The zero-order valence-corrected chi connectivity index (χ0v) is 10.4. The van der Waals surface area contributed by atoms with Gasteiger partial charge in [-0.1, -0.05) is 20.3 Å². The number of aliphatic hydroxyl groups excluding tert-OH is 1. The van der Waals surface area contributed by atoms with E-state index in [4.69, 9.17) is 5.26 Å². The lowest BCUT2D eigenvalue weighted by molar-refractivity contribution is -0.0264. The van der Waals surface area contributed by atoms with Crippen molar-refractivity contribution in [3.05, 3.63) is 0 Å². The first-order valence-corrected chi connectivity index (χ1v) is 6.64. The fourth-order valence-electron chi connectivity index (χ4n) is 4.41. The summed E-state index contributed by atoms with van der Waals surface area (Å²) in [5.74, 6) is 1.63. The molecule has 0 aromatic carbocycles. The van der Waals surface area contributed by atoms with Gasteiger partial charge in [0.1, 0.15) is 0 Å². The molecule has 2 aliphatic carbocycles. The Bertz CT molecular complexity index is 296. The van der Waals surface area contributed by atoms with Gasteiger partial charge in [0.05, 0.1) is 12.2 Å². The van der Waals surface area contributed by atoms with Crippen LogP contribution in [-0.2, 0) is 0 Å². The van der Waals surface area contributed by atoms with Gasteiger partial charge >= 0.3 is 0 Å². The second kappa shape index (κ2) is 4.37. The minimum Gasteiger partial charge on any atom is -0.393 e. The van der Waals surface area contributed by atoms with Crippen molar-refractivity contribution in [2.75, 3.05) is 0 Å². The van der Waals surface area contributed by atoms with Crippen molar-refractivity contribution < 1.29 is 5.11 Å². The lowest BCUT2D eigenvalue weighted by Crippen LogP contribution is -2.41. The molecule has 16 heavy (non-hydrogen) atoms. The van der Waals surface area contributed by atoms with Crippen LogP contribution in [0.2, 0.25) is 0 Å². The van der Waals surface area contributed by atoms with Gasteiger partial charge in [0, 0.05) is 6.42 Å². The number of nitriles is 1. The summed E-state index contributed by atoms with van der Waals surface area (Å²) in [4.78, 5) is 0. The SMILES string of the molecule is CC(CC#N)C1CCC2[C@@H](O)CCC[C@]12C. The van der Waals surface area contributed by atoms with Gasteiger partial charge in [-0.05, 0) is 48.9 Å². The average molecular weight is 221 g/mol. The average Bonchev–Trinajstić information content (AvgIpc) is 2.57. The van der Waals surface area contributed by atoms with E-state index in [-0.39, 0.29) is 6.10 Å². The Hall–Kier alpha value is -0.550. The lowest BCUT2D eigenvalue weighted by atomic mass is 9.61. The maximum absolute atomic E-state index is 10.1. The summed E-state index contributed by atoms with van der Waals surface area (Å²) in [6, 6.07) is 2.31. The Kier molecular flexibility index (Phi) is 3.26. The molecule has 2 heteroatoms. The number of nitrogens with zero attached hydrogens (tertiary/aromatic N) is 1. The predicted molar refractivity (Wildman–Crippen MR) is 63.6 cm³/mol. The number of rotatable bonds is 2. The molecule has 0 amide bonds. The molecule has 0 aliphatic heterocycles. The first-order valence-electron chi connectivity index (χ1n) is 6.64. The molecule has 0 saturated heterocycles. The second-order valence-corrected chi connectivity index (χ2v) is 6.10. The number of hydrogen-bond donors (Lipinski definition) is 1. The Morgan fingerprint density at radius 3 is 2.88 bits per heavy atom. The molecule has 0 bridgehead atoms. The Morgan fingerprint density at radius 2 is 2.19 bits per heavy atom. The highest BCUT2D eigenvalue weighted by Gasteiger charge is 2.51. The van der Waals surface area contributed by atoms with Crippen LogP contribution in [0.15, 0.2) is 0 Å². The van der Waals surface area contributed by atoms with Crippen molar-refractivity contribution in [1.82, 2.24) is 0 Å². The van der Waals surface area contributed by atoms with Crippen LogP contribution in [0.5, 0.6) is 0 Å². The maximum Gasteiger partial charge on any atom is 0.0624 e. The highest BCUT2D eigenvalue weighted by molar-refractivity contribution is 5.02. The van der Waals surface area contributed by atoms with Crippen molar-refractivity contribution >= 4 is 0 Å². The van der Waals surface area contributed by atoms with Gasteiger partial charge in [-0.3, -0.25) is 0 Å². The third-order valence-electron chi connectivity index (χ3n) is 5.26. The van der Waals surface area contributed by atoms with E-state index in [1.807, 2.05) is 0 Å². The van der Waals surface area contributed by atoms with Crippen LogP contribution in [0.25, 0.3) is 0 Å². The maximum atomic E-state index is 10.1. The summed E-state index contributed by atoms with van der Waals surface area (Å²) in [7, 11) is 0. The quantitative estimate of drug-likeness (QED) is 0.778. The Balaban J connectivity index is 2.15. The number of hydrogen-bond acceptors (Lipinski definition) is 2. The van der Waals surface area contributed by atoms with Crippen LogP contribution in [0.4, 0.5) is 0 Å². The molecule has 3 unspecified atom stereocenters. The largest absolute Gasteiger partial charge is 0.393 e. The molecule has 0 heterocycles. The summed E-state index contributed by atoms with van der Waals surface area (Å²) >= 11 is 0. The van der Waals surface area contributed by atoms with E-state index in [1.54, 1.807) is 0 Å². The first-order chi connectivity index (χ1) is 7.59.